The number of carbonyl (C=O) groups excluding carboxylic acids is 2. The van der Waals surface area contributed by atoms with Crippen LogP contribution in [0.4, 0.5) is 10.5 Å². The fourth-order valence-corrected chi connectivity index (χ4v) is 2.65. The van der Waals surface area contributed by atoms with Crippen LogP contribution < -0.4 is 4.90 Å². The summed E-state index contributed by atoms with van der Waals surface area (Å²) < 4.78 is 10.8. The molecule has 0 N–H and O–H groups in total. The predicted octanol–water partition coefficient (Wildman–Crippen LogP) is 2.63. The number of benzene rings is 1. The average molecular weight is 334 g/mol. The molecular weight excluding hydrogens is 308 g/mol. The van der Waals surface area contributed by atoms with E-state index in [1.165, 1.54) is 4.90 Å². The largest absolute Gasteiger partial charge is 0.444 e. The van der Waals surface area contributed by atoms with Crippen molar-refractivity contribution in [2.24, 2.45) is 0 Å². The van der Waals surface area contributed by atoms with Crippen LogP contribution in [0.25, 0.3) is 0 Å². The number of likely N-dealkylation sites (N-methyl/N-ethyl adjacent to an activating group) is 1. The van der Waals surface area contributed by atoms with Crippen LogP contribution in [-0.4, -0.2) is 56.2 Å². The Kier molecular flexibility index (Phi) is 5.83. The molecule has 2 rings (SSSR count). The van der Waals surface area contributed by atoms with E-state index in [9.17, 15) is 9.59 Å². The Hall–Kier alpha value is -2.08. The van der Waals surface area contributed by atoms with Gasteiger partial charge in [-0.1, -0.05) is 18.2 Å². The Morgan fingerprint density at radius 2 is 1.92 bits per heavy atom. The third-order valence-electron chi connectivity index (χ3n) is 3.83. The lowest BCUT2D eigenvalue weighted by Crippen LogP contribution is -2.40. The minimum atomic E-state index is -0.695. The second-order valence-corrected chi connectivity index (χ2v) is 6.83. The van der Waals surface area contributed by atoms with E-state index in [1.54, 1.807) is 27.8 Å². The van der Waals surface area contributed by atoms with Crippen LogP contribution in [0, 0.1) is 0 Å². The smallest absolute Gasteiger partial charge is 0.410 e. The number of aldehydes is 1. The summed E-state index contributed by atoms with van der Waals surface area (Å²) in [5.74, 6) is 0. The number of para-hydroxylation sites is 1. The molecule has 1 unspecified atom stereocenters. The number of amides is 1. The molecule has 0 bridgehead atoms. The lowest BCUT2D eigenvalue weighted by atomic mass is 10.0. The van der Waals surface area contributed by atoms with Crippen molar-refractivity contribution >= 4 is 18.1 Å². The molecule has 132 valence electrons. The minimum Gasteiger partial charge on any atom is -0.444 e. The van der Waals surface area contributed by atoms with Crippen molar-refractivity contribution in [2.75, 3.05) is 38.3 Å². The quantitative estimate of drug-likeness (QED) is 0.792. The van der Waals surface area contributed by atoms with Crippen molar-refractivity contribution in [3.8, 4) is 0 Å². The molecule has 0 spiro atoms. The van der Waals surface area contributed by atoms with E-state index < -0.39 is 17.7 Å². The van der Waals surface area contributed by atoms with E-state index in [4.69, 9.17) is 9.47 Å². The summed E-state index contributed by atoms with van der Waals surface area (Å²) in [4.78, 5) is 27.6. The summed E-state index contributed by atoms with van der Waals surface area (Å²) in [5.41, 5.74) is 1.14. The van der Waals surface area contributed by atoms with E-state index in [0.29, 0.717) is 13.2 Å². The first kappa shape index (κ1) is 18.3. The first-order chi connectivity index (χ1) is 11.3. The molecule has 1 aliphatic rings. The summed E-state index contributed by atoms with van der Waals surface area (Å²) in [6, 6.07) is 6.96. The van der Waals surface area contributed by atoms with E-state index >= 15 is 0 Å². The molecule has 1 fully saturated rings. The number of nitrogens with zero attached hydrogens (tertiary/aromatic N) is 2. The normalized spacial score (nSPS) is 16.4. The van der Waals surface area contributed by atoms with Crippen molar-refractivity contribution < 1.29 is 19.1 Å². The van der Waals surface area contributed by atoms with Gasteiger partial charge in [0.2, 0.25) is 0 Å². The minimum absolute atomic E-state index is 0.517. The van der Waals surface area contributed by atoms with E-state index in [0.717, 1.165) is 30.6 Å². The maximum absolute atomic E-state index is 12.3. The number of morpholine rings is 1. The predicted molar refractivity (Wildman–Crippen MR) is 92.3 cm³/mol. The number of ether oxygens (including phenoxy) is 2. The average Bonchev–Trinajstić information content (AvgIpc) is 2.55. The van der Waals surface area contributed by atoms with Crippen molar-refractivity contribution in [2.45, 2.75) is 32.4 Å². The van der Waals surface area contributed by atoms with Gasteiger partial charge < -0.3 is 19.2 Å². The summed E-state index contributed by atoms with van der Waals surface area (Å²) in [7, 11) is 1.59. The summed E-state index contributed by atoms with van der Waals surface area (Å²) in [6.45, 7) is 8.24. The number of anilines is 1. The van der Waals surface area contributed by atoms with Crippen LogP contribution in [0.3, 0.4) is 0 Å². The standard InChI is InChI=1S/C18H26N2O4/c1-18(2,3)24-17(22)19(4)16(13-21)14-7-5-6-8-15(14)20-9-11-23-12-10-20/h5-8,13,16H,9-12H2,1-4H3. The molecule has 1 aromatic rings. The molecule has 1 atom stereocenters. The van der Waals surface area contributed by atoms with Crippen LogP contribution in [0.15, 0.2) is 24.3 Å². The topological polar surface area (TPSA) is 59.1 Å². The van der Waals surface area contributed by atoms with Crippen LogP contribution in [0.5, 0.6) is 0 Å². The monoisotopic (exact) mass is 334 g/mol. The van der Waals surface area contributed by atoms with Gasteiger partial charge in [0.05, 0.1) is 13.2 Å². The second-order valence-electron chi connectivity index (χ2n) is 6.83. The van der Waals surface area contributed by atoms with Gasteiger partial charge in [-0.2, -0.15) is 0 Å². The van der Waals surface area contributed by atoms with Gasteiger partial charge in [-0.15, -0.1) is 0 Å². The molecule has 6 heteroatoms. The van der Waals surface area contributed by atoms with Crippen LogP contribution in [0.1, 0.15) is 32.4 Å². The fourth-order valence-electron chi connectivity index (χ4n) is 2.65. The molecule has 1 heterocycles. The lowest BCUT2D eigenvalue weighted by Gasteiger charge is -2.34. The van der Waals surface area contributed by atoms with Gasteiger partial charge in [-0.25, -0.2) is 4.79 Å². The highest BCUT2D eigenvalue weighted by Gasteiger charge is 2.28. The van der Waals surface area contributed by atoms with Crippen LogP contribution >= 0.6 is 0 Å². The van der Waals surface area contributed by atoms with Crippen LogP contribution in [0.2, 0.25) is 0 Å². The molecule has 0 saturated carbocycles. The van der Waals surface area contributed by atoms with E-state index in [-0.39, 0.29) is 0 Å². The maximum Gasteiger partial charge on any atom is 0.410 e. The zero-order valence-corrected chi connectivity index (χ0v) is 14.8. The van der Waals surface area contributed by atoms with E-state index in [1.807, 2.05) is 24.3 Å². The third kappa shape index (κ3) is 4.47. The number of hydrogen-bond acceptors (Lipinski definition) is 5. The molecule has 1 saturated heterocycles. The molecule has 1 amide bonds. The SMILES string of the molecule is CN(C(=O)OC(C)(C)C)C(C=O)c1ccccc1N1CCOCC1. The van der Waals surface area contributed by atoms with Gasteiger partial charge in [0, 0.05) is 31.4 Å². The summed E-state index contributed by atoms with van der Waals surface area (Å²) in [5, 5.41) is 0. The summed E-state index contributed by atoms with van der Waals surface area (Å²) >= 11 is 0. The Balaban J connectivity index is 2.27. The van der Waals surface area contributed by atoms with Crippen molar-refractivity contribution in [1.82, 2.24) is 4.90 Å². The van der Waals surface area contributed by atoms with Gasteiger partial charge in [-0.3, -0.25) is 4.90 Å². The van der Waals surface area contributed by atoms with Gasteiger partial charge in [0.15, 0.2) is 0 Å². The highest BCUT2D eigenvalue weighted by molar-refractivity contribution is 5.77. The van der Waals surface area contributed by atoms with Gasteiger partial charge in [0.1, 0.15) is 17.9 Å². The first-order valence-corrected chi connectivity index (χ1v) is 8.16. The Morgan fingerprint density at radius 3 is 2.50 bits per heavy atom. The number of rotatable bonds is 4. The molecule has 6 nitrogen and oxygen atoms in total. The van der Waals surface area contributed by atoms with Gasteiger partial charge in [-0.05, 0) is 26.8 Å². The zero-order chi connectivity index (χ0) is 17.7. The molecule has 24 heavy (non-hydrogen) atoms. The highest BCUT2D eigenvalue weighted by Crippen LogP contribution is 2.30. The van der Waals surface area contributed by atoms with Gasteiger partial charge >= 0.3 is 6.09 Å². The molecule has 0 aliphatic carbocycles. The van der Waals surface area contributed by atoms with Crippen molar-refractivity contribution in [3.05, 3.63) is 29.8 Å². The molecule has 1 aromatic carbocycles. The zero-order valence-electron chi connectivity index (χ0n) is 14.8. The van der Waals surface area contributed by atoms with Crippen molar-refractivity contribution in [3.63, 3.8) is 0 Å². The first-order valence-electron chi connectivity index (χ1n) is 8.16. The number of carbonyl (C=O) groups is 2. The highest BCUT2D eigenvalue weighted by atomic mass is 16.6. The Labute approximate surface area is 143 Å². The maximum atomic E-state index is 12.3. The van der Waals surface area contributed by atoms with Crippen molar-refractivity contribution in [1.29, 1.82) is 0 Å². The molecule has 1 aliphatic heterocycles. The fraction of sp³-hybridized carbons (Fsp3) is 0.556. The van der Waals surface area contributed by atoms with Gasteiger partial charge in [0.25, 0.3) is 0 Å². The molecular formula is C18H26N2O4. The second kappa shape index (κ2) is 7.66. The third-order valence-corrected chi connectivity index (χ3v) is 3.83. The summed E-state index contributed by atoms with van der Waals surface area (Å²) in [6.07, 6.45) is 0.264. The lowest BCUT2D eigenvalue weighted by molar-refractivity contribution is -0.112. The number of hydrogen-bond donors (Lipinski definition) is 0. The Bertz CT molecular complexity index is 577. The Morgan fingerprint density at radius 1 is 1.29 bits per heavy atom. The van der Waals surface area contributed by atoms with Crippen LogP contribution in [-0.2, 0) is 14.3 Å². The molecule has 0 aromatic heterocycles. The van der Waals surface area contributed by atoms with E-state index in [2.05, 4.69) is 4.90 Å². The molecule has 0 radical (unpaired) electrons.